The van der Waals surface area contributed by atoms with Crippen LogP contribution in [0.5, 0.6) is 0 Å². The monoisotopic (exact) mass is 205 g/mol. The molecule has 0 rings (SSSR count). The van der Waals surface area contributed by atoms with E-state index in [1.54, 1.807) is 13.2 Å². The Balaban J connectivity index is 3.53. The number of rotatable bonds is 6. The van der Waals surface area contributed by atoms with Crippen molar-refractivity contribution in [1.82, 2.24) is 5.32 Å². The first-order valence-corrected chi connectivity index (χ1v) is 5.66. The summed E-state index contributed by atoms with van der Waals surface area (Å²) in [5, 5.41) is 11.4. The zero-order chi connectivity index (χ0) is 10.3. The predicted molar refractivity (Wildman–Crippen MR) is 53.2 cm³/mol. The Morgan fingerprint density at radius 1 is 1.62 bits per heavy atom. The second kappa shape index (κ2) is 6.80. The topological polar surface area (TPSA) is 66.4 Å². The van der Waals surface area contributed by atoms with Crippen molar-refractivity contribution in [3.63, 3.8) is 0 Å². The molecular formula is C8H15NO3S. The first kappa shape index (κ1) is 12.3. The molecule has 13 heavy (non-hydrogen) atoms. The minimum absolute atomic E-state index is 0.531. The van der Waals surface area contributed by atoms with Crippen LogP contribution in [0.4, 0.5) is 0 Å². The van der Waals surface area contributed by atoms with Gasteiger partial charge in [-0.25, -0.2) is 4.79 Å². The second-order valence-electron chi connectivity index (χ2n) is 2.78. The highest BCUT2D eigenvalue weighted by Crippen LogP contribution is 1.88. The van der Waals surface area contributed by atoms with Gasteiger partial charge in [-0.05, 0) is 6.92 Å². The van der Waals surface area contributed by atoms with E-state index in [1.165, 1.54) is 0 Å². The largest absolute Gasteiger partial charge is 0.478 e. The van der Waals surface area contributed by atoms with Gasteiger partial charge in [-0.1, -0.05) is 5.57 Å². The molecule has 0 heterocycles. The van der Waals surface area contributed by atoms with Crippen LogP contribution in [0.1, 0.15) is 6.92 Å². The molecule has 1 unspecified atom stereocenters. The van der Waals surface area contributed by atoms with Gasteiger partial charge < -0.3 is 10.4 Å². The van der Waals surface area contributed by atoms with Gasteiger partial charge in [-0.2, -0.15) is 0 Å². The van der Waals surface area contributed by atoms with Crippen LogP contribution in [0, 0.1) is 0 Å². The second-order valence-corrected chi connectivity index (χ2v) is 4.34. The zero-order valence-electron chi connectivity index (χ0n) is 7.87. The number of hydrogen-bond donors (Lipinski definition) is 2. The molecule has 0 aliphatic heterocycles. The van der Waals surface area contributed by atoms with Crippen molar-refractivity contribution in [1.29, 1.82) is 0 Å². The fourth-order valence-corrected chi connectivity index (χ4v) is 1.20. The molecule has 76 valence electrons. The van der Waals surface area contributed by atoms with Crippen LogP contribution in [0.2, 0.25) is 0 Å². The number of nitrogens with one attached hydrogen (secondary N) is 1. The summed E-state index contributed by atoms with van der Waals surface area (Å²) < 4.78 is 10.6. The molecular weight excluding hydrogens is 190 g/mol. The number of carbonyl (C=O) groups is 1. The van der Waals surface area contributed by atoms with Crippen molar-refractivity contribution >= 4 is 16.8 Å². The van der Waals surface area contributed by atoms with Crippen molar-refractivity contribution < 1.29 is 14.1 Å². The third-order valence-electron chi connectivity index (χ3n) is 1.34. The molecule has 5 heteroatoms. The van der Waals surface area contributed by atoms with Crippen LogP contribution in [0.15, 0.2) is 11.6 Å². The first-order valence-electron chi connectivity index (χ1n) is 3.93. The van der Waals surface area contributed by atoms with Crippen molar-refractivity contribution in [2.75, 3.05) is 25.1 Å². The molecule has 0 fully saturated rings. The third-order valence-corrected chi connectivity index (χ3v) is 2.12. The molecule has 1 atom stereocenters. The Morgan fingerprint density at radius 2 is 2.23 bits per heavy atom. The zero-order valence-corrected chi connectivity index (χ0v) is 8.69. The van der Waals surface area contributed by atoms with Gasteiger partial charge in [0.05, 0.1) is 0 Å². The van der Waals surface area contributed by atoms with E-state index in [4.69, 9.17) is 5.11 Å². The SMILES string of the molecule is CC(=CC(=O)O)CNCCS(C)=O. The standard InChI is InChI=1S/C8H15NO3S/c1-7(5-8(10)11)6-9-3-4-13(2)12/h5,9H,3-4,6H2,1-2H3,(H,10,11). The molecule has 0 radical (unpaired) electrons. The summed E-state index contributed by atoms with van der Waals surface area (Å²) in [6.07, 6.45) is 2.80. The van der Waals surface area contributed by atoms with Crippen molar-refractivity contribution in [3.8, 4) is 0 Å². The van der Waals surface area contributed by atoms with E-state index in [0.717, 1.165) is 11.6 Å². The summed E-state index contributed by atoms with van der Waals surface area (Å²) in [6.45, 7) is 2.92. The van der Waals surface area contributed by atoms with E-state index in [9.17, 15) is 9.00 Å². The highest BCUT2D eigenvalue weighted by atomic mass is 32.2. The van der Waals surface area contributed by atoms with Crippen molar-refractivity contribution in [2.45, 2.75) is 6.92 Å². The van der Waals surface area contributed by atoms with Gasteiger partial charge in [0.1, 0.15) is 0 Å². The maximum atomic E-state index is 10.6. The minimum atomic E-state index is -0.932. The fourth-order valence-electron chi connectivity index (χ4n) is 0.763. The van der Waals surface area contributed by atoms with E-state index in [2.05, 4.69) is 5.32 Å². The molecule has 0 aliphatic carbocycles. The molecule has 2 N–H and O–H groups in total. The van der Waals surface area contributed by atoms with Gasteiger partial charge in [0.15, 0.2) is 0 Å². The Kier molecular flexibility index (Phi) is 6.44. The van der Waals surface area contributed by atoms with Crippen LogP contribution in [0.25, 0.3) is 0 Å². The van der Waals surface area contributed by atoms with Crippen molar-refractivity contribution in [2.24, 2.45) is 0 Å². The summed E-state index contributed by atoms with van der Waals surface area (Å²) in [6, 6.07) is 0. The average Bonchev–Trinajstić information content (AvgIpc) is 1.96. The maximum absolute atomic E-state index is 10.6. The van der Waals surface area contributed by atoms with Gasteiger partial charge in [0.25, 0.3) is 0 Å². The fraction of sp³-hybridized carbons (Fsp3) is 0.625. The molecule has 0 saturated heterocycles. The summed E-state index contributed by atoms with van der Waals surface area (Å²) in [5.74, 6) is -0.334. The average molecular weight is 205 g/mol. The number of hydrogen-bond acceptors (Lipinski definition) is 3. The molecule has 0 amide bonds. The summed E-state index contributed by atoms with van der Waals surface area (Å²) in [5.41, 5.74) is 0.759. The Morgan fingerprint density at radius 3 is 2.69 bits per heavy atom. The lowest BCUT2D eigenvalue weighted by atomic mass is 10.3. The van der Waals surface area contributed by atoms with Gasteiger partial charge in [-0.3, -0.25) is 4.21 Å². The predicted octanol–water partition coefficient (Wildman–Crippen LogP) is -0.0146. The summed E-state index contributed by atoms with van der Waals surface area (Å²) in [7, 11) is -0.789. The Hall–Kier alpha value is -0.680. The van der Waals surface area contributed by atoms with E-state index in [0.29, 0.717) is 18.8 Å². The normalized spacial score (nSPS) is 14.2. The number of aliphatic carboxylic acids is 1. The molecule has 0 bridgehead atoms. The molecule has 0 aromatic heterocycles. The van der Waals surface area contributed by atoms with E-state index in [1.807, 2.05) is 0 Å². The Labute approximate surface area is 80.5 Å². The van der Waals surface area contributed by atoms with Gasteiger partial charge in [0.2, 0.25) is 0 Å². The smallest absolute Gasteiger partial charge is 0.328 e. The summed E-state index contributed by atoms with van der Waals surface area (Å²) in [4.78, 5) is 10.2. The van der Waals surface area contributed by atoms with Crippen LogP contribution < -0.4 is 5.32 Å². The maximum Gasteiger partial charge on any atom is 0.328 e. The van der Waals surface area contributed by atoms with E-state index in [-0.39, 0.29) is 0 Å². The minimum Gasteiger partial charge on any atom is -0.478 e. The molecule has 0 saturated carbocycles. The van der Waals surface area contributed by atoms with E-state index >= 15 is 0 Å². The van der Waals surface area contributed by atoms with E-state index < -0.39 is 16.8 Å². The summed E-state index contributed by atoms with van der Waals surface area (Å²) >= 11 is 0. The Bertz CT molecular complexity index is 225. The third kappa shape index (κ3) is 9.23. The first-order chi connectivity index (χ1) is 6.02. The van der Waals surface area contributed by atoms with Gasteiger partial charge >= 0.3 is 5.97 Å². The van der Waals surface area contributed by atoms with Crippen LogP contribution in [0.3, 0.4) is 0 Å². The van der Waals surface area contributed by atoms with Crippen LogP contribution >= 0.6 is 0 Å². The highest BCUT2D eigenvalue weighted by molar-refractivity contribution is 7.84. The molecule has 0 aromatic rings. The lowest BCUT2D eigenvalue weighted by molar-refractivity contribution is -0.131. The lowest BCUT2D eigenvalue weighted by Crippen LogP contribution is -2.22. The quantitative estimate of drug-likeness (QED) is 0.472. The molecule has 0 aromatic carbocycles. The van der Waals surface area contributed by atoms with Gasteiger partial charge in [0, 0.05) is 42.0 Å². The van der Waals surface area contributed by atoms with Gasteiger partial charge in [-0.15, -0.1) is 0 Å². The highest BCUT2D eigenvalue weighted by Gasteiger charge is 1.94. The molecule has 4 nitrogen and oxygen atoms in total. The van der Waals surface area contributed by atoms with Crippen LogP contribution in [-0.4, -0.2) is 40.4 Å². The number of carboxylic acid groups (broad SMARTS) is 1. The van der Waals surface area contributed by atoms with Crippen molar-refractivity contribution in [3.05, 3.63) is 11.6 Å². The van der Waals surface area contributed by atoms with Crippen LogP contribution in [-0.2, 0) is 15.6 Å². The molecule has 0 spiro atoms. The molecule has 0 aliphatic rings. The lowest BCUT2D eigenvalue weighted by Gasteiger charge is -2.02. The number of carboxylic acids is 1.